The third kappa shape index (κ3) is 3.89. The van der Waals surface area contributed by atoms with Gasteiger partial charge in [0.2, 0.25) is 0 Å². The molecule has 18 heteroatoms. The molecule has 0 aromatic rings. The molecule has 0 amide bonds. The standard InChI is InChI=1S/C8H8F2N4O12/c1-3(15)25-5(7(9,11(17)18)12(19)20)6(26-4(2)16)8(10,13(21)22)14(23)24/h5-6H,1-2H3. The van der Waals surface area contributed by atoms with Crippen LogP contribution in [0.1, 0.15) is 13.8 Å². The first-order valence-electron chi connectivity index (χ1n) is 5.93. The van der Waals surface area contributed by atoms with Crippen molar-refractivity contribution in [2.75, 3.05) is 0 Å². The van der Waals surface area contributed by atoms with Gasteiger partial charge in [-0.1, -0.05) is 8.78 Å². The molecule has 0 fully saturated rings. The van der Waals surface area contributed by atoms with Gasteiger partial charge in [-0.15, -0.1) is 0 Å². The third-order valence-electron chi connectivity index (χ3n) is 2.61. The summed E-state index contributed by atoms with van der Waals surface area (Å²) in [4.78, 5) is 55.3. The van der Waals surface area contributed by atoms with E-state index in [9.17, 15) is 58.8 Å². The molecule has 0 rings (SSSR count). The third-order valence-corrected chi connectivity index (χ3v) is 2.61. The Kier molecular flexibility index (Phi) is 6.48. The minimum absolute atomic E-state index is 0.358. The highest BCUT2D eigenvalue weighted by atomic mass is 19.2. The number of alkyl halides is 2. The highest BCUT2D eigenvalue weighted by Gasteiger charge is 2.82. The van der Waals surface area contributed by atoms with E-state index in [0.29, 0.717) is 13.8 Å². The van der Waals surface area contributed by atoms with Crippen molar-refractivity contribution in [1.29, 1.82) is 0 Å². The Hall–Kier alpha value is -3.60. The molecule has 0 aromatic heterocycles. The SMILES string of the molecule is CC(=O)OC(C(OC(C)=O)C(F)([N+](=O)[O-])[N+](=O)[O-])C(F)([N+](=O)[O-])[N+](=O)[O-]. The highest BCUT2D eigenvalue weighted by molar-refractivity contribution is 5.67. The summed E-state index contributed by atoms with van der Waals surface area (Å²) in [6, 6.07) is 0. The second-order valence-corrected chi connectivity index (χ2v) is 4.36. The maximum Gasteiger partial charge on any atom is 0.656 e. The number of rotatable bonds is 9. The summed E-state index contributed by atoms with van der Waals surface area (Å²) in [7, 11) is 0. The minimum Gasteiger partial charge on any atom is -0.438 e. The Bertz CT molecular complexity index is 584. The summed E-state index contributed by atoms with van der Waals surface area (Å²) >= 11 is 0. The molecule has 2 atom stereocenters. The van der Waals surface area contributed by atoms with Crippen LogP contribution in [-0.4, -0.2) is 55.7 Å². The van der Waals surface area contributed by atoms with Crippen molar-refractivity contribution >= 4 is 11.9 Å². The molecule has 2 unspecified atom stereocenters. The predicted molar refractivity (Wildman–Crippen MR) is 66.8 cm³/mol. The first kappa shape index (κ1) is 22.4. The van der Waals surface area contributed by atoms with E-state index in [1.807, 2.05) is 0 Å². The van der Waals surface area contributed by atoms with E-state index in [4.69, 9.17) is 0 Å². The van der Waals surface area contributed by atoms with Crippen LogP contribution >= 0.6 is 0 Å². The van der Waals surface area contributed by atoms with Crippen LogP contribution in [0.3, 0.4) is 0 Å². The molecule has 0 aliphatic rings. The monoisotopic (exact) mass is 390 g/mol. The zero-order valence-corrected chi connectivity index (χ0v) is 12.6. The van der Waals surface area contributed by atoms with E-state index in [1.54, 1.807) is 0 Å². The van der Waals surface area contributed by atoms with Gasteiger partial charge in [-0.05, 0) is 0 Å². The maximum atomic E-state index is 14.3. The van der Waals surface area contributed by atoms with Crippen LogP contribution in [0.4, 0.5) is 8.78 Å². The van der Waals surface area contributed by atoms with Crippen LogP contribution in [0, 0.1) is 40.5 Å². The molecule has 0 bridgehead atoms. The van der Waals surface area contributed by atoms with Crippen LogP contribution in [0.25, 0.3) is 0 Å². The first-order chi connectivity index (χ1) is 11.6. The van der Waals surface area contributed by atoms with Crippen molar-refractivity contribution in [1.82, 2.24) is 0 Å². The zero-order valence-electron chi connectivity index (χ0n) is 12.6. The van der Waals surface area contributed by atoms with E-state index in [0.717, 1.165) is 0 Å². The van der Waals surface area contributed by atoms with Crippen molar-refractivity contribution in [3.8, 4) is 0 Å². The average molecular weight is 390 g/mol. The van der Waals surface area contributed by atoms with Crippen molar-refractivity contribution in [3.05, 3.63) is 40.5 Å². The van der Waals surface area contributed by atoms with Gasteiger partial charge in [0.25, 0.3) is 0 Å². The molecule has 146 valence electrons. The Morgan fingerprint density at radius 3 is 1.04 bits per heavy atom. The molecule has 26 heavy (non-hydrogen) atoms. The van der Waals surface area contributed by atoms with Gasteiger partial charge in [-0.2, -0.15) is 0 Å². The molecule has 0 saturated carbocycles. The molecule has 16 nitrogen and oxygen atoms in total. The Labute approximate surface area is 139 Å². The lowest BCUT2D eigenvalue weighted by Crippen LogP contribution is -2.67. The molecule has 0 aliphatic heterocycles. The number of nitro groups is 4. The summed E-state index contributed by atoms with van der Waals surface area (Å²) in [5.74, 6) is -14.1. The fraction of sp³-hybridized carbons (Fsp3) is 0.750. The van der Waals surface area contributed by atoms with Gasteiger partial charge in [-0.3, -0.25) is 50.0 Å². The second-order valence-electron chi connectivity index (χ2n) is 4.36. The molecule has 0 saturated heterocycles. The quantitative estimate of drug-likeness (QED) is 0.155. The largest absolute Gasteiger partial charge is 0.656 e. The lowest BCUT2D eigenvalue weighted by Gasteiger charge is -2.25. The summed E-state index contributed by atoms with van der Waals surface area (Å²) in [6.45, 7) is 0.715. The number of hydrogen-bond acceptors (Lipinski definition) is 12. The summed E-state index contributed by atoms with van der Waals surface area (Å²) in [5, 5.41) is 42.9. The lowest BCUT2D eigenvalue weighted by molar-refractivity contribution is -0.864. The van der Waals surface area contributed by atoms with Crippen LogP contribution in [-0.2, 0) is 19.1 Å². The van der Waals surface area contributed by atoms with Gasteiger partial charge in [0.15, 0.2) is 0 Å². The van der Waals surface area contributed by atoms with Crippen molar-refractivity contribution in [2.45, 2.75) is 37.9 Å². The topological polar surface area (TPSA) is 225 Å². The minimum atomic E-state index is -5.24. The van der Waals surface area contributed by atoms with E-state index in [1.165, 1.54) is 0 Å². The number of hydrogen-bond donors (Lipinski definition) is 0. The van der Waals surface area contributed by atoms with E-state index in [-0.39, 0.29) is 0 Å². The number of esters is 2. The fourth-order valence-electron chi connectivity index (χ4n) is 1.57. The second kappa shape index (κ2) is 7.53. The predicted octanol–water partition coefficient (Wildman–Crippen LogP) is -0.797. The molecule has 0 spiro atoms. The average Bonchev–Trinajstić information content (AvgIpc) is 2.47. The van der Waals surface area contributed by atoms with Crippen LogP contribution in [0.5, 0.6) is 0 Å². The molecule has 0 aromatic carbocycles. The summed E-state index contributed by atoms with van der Waals surface area (Å²) in [6.07, 6.45) is -7.68. The van der Waals surface area contributed by atoms with Gasteiger partial charge in [0.05, 0.1) is 0 Å². The lowest BCUT2D eigenvalue weighted by atomic mass is 10.1. The van der Waals surface area contributed by atoms with E-state index >= 15 is 0 Å². The molecular formula is C8H8F2N4O12. The fourth-order valence-corrected chi connectivity index (χ4v) is 1.57. The number of carbonyl (C=O) groups is 2. The van der Waals surface area contributed by atoms with E-state index in [2.05, 4.69) is 9.47 Å². The first-order valence-corrected chi connectivity index (χ1v) is 5.93. The normalized spacial score (nSPS) is 13.8. The van der Waals surface area contributed by atoms with Crippen LogP contribution < -0.4 is 0 Å². The van der Waals surface area contributed by atoms with Gasteiger partial charge in [0, 0.05) is 13.8 Å². The molecule has 0 N–H and O–H groups in total. The smallest absolute Gasteiger partial charge is 0.438 e. The Morgan fingerprint density at radius 2 is 0.923 bits per heavy atom. The zero-order chi connectivity index (χ0) is 21.0. The van der Waals surface area contributed by atoms with Crippen molar-refractivity contribution < 1.29 is 47.5 Å². The number of nitrogens with zero attached hydrogens (tertiary/aromatic N) is 4. The van der Waals surface area contributed by atoms with Crippen molar-refractivity contribution in [2.24, 2.45) is 0 Å². The maximum absolute atomic E-state index is 14.3. The molecule has 0 heterocycles. The Balaban J connectivity index is 6.84. The summed E-state index contributed by atoms with van der Waals surface area (Å²) in [5.41, 5.74) is 0. The van der Waals surface area contributed by atoms with E-state index < -0.39 is 55.7 Å². The van der Waals surface area contributed by atoms with Crippen LogP contribution in [0.15, 0.2) is 0 Å². The van der Waals surface area contributed by atoms with Gasteiger partial charge >= 0.3 is 36.0 Å². The van der Waals surface area contributed by atoms with Crippen LogP contribution in [0.2, 0.25) is 0 Å². The van der Waals surface area contributed by atoms with Gasteiger partial charge < -0.3 is 9.47 Å². The molecule has 0 aliphatic carbocycles. The van der Waals surface area contributed by atoms with Crippen molar-refractivity contribution in [3.63, 3.8) is 0 Å². The molecule has 0 radical (unpaired) electrons. The van der Waals surface area contributed by atoms with Gasteiger partial charge in [-0.25, -0.2) is 0 Å². The number of carbonyl (C=O) groups excluding carboxylic acids is 2. The highest BCUT2D eigenvalue weighted by Crippen LogP contribution is 2.34. The number of halogens is 2. The summed E-state index contributed by atoms with van der Waals surface area (Å²) < 4.78 is 36.3. The Morgan fingerprint density at radius 1 is 0.731 bits per heavy atom. The van der Waals surface area contributed by atoms with Gasteiger partial charge in [0.1, 0.15) is 19.7 Å². The molecular weight excluding hydrogens is 382 g/mol. The number of ether oxygens (including phenoxy) is 2.